The molecule has 1 saturated carbocycles. The smallest absolute Gasteiger partial charge is 0.341 e. The molecule has 0 radical (unpaired) electrons. The van der Waals surface area contributed by atoms with Gasteiger partial charge in [-0.2, -0.15) is 0 Å². The van der Waals surface area contributed by atoms with E-state index in [4.69, 9.17) is 18.9 Å². The highest BCUT2D eigenvalue weighted by molar-refractivity contribution is 5.83. The van der Waals surface area contributed by atoms with Crippen LogP contribution in [0.1, 0.15) is 35.6 Å². The molecule has 6 nitrogen and oxygen atoms in total. The van der Waals surface area contributed by atoms with Crippen LogP contribution in [0.3, 0.4) is 0 Å². The topological polar surface area (TPSA) is 66.0 Å². The first kappa shape index (κ1) is 27.3. The monoisotopic (exact) mass is 537 g/mol. The van der Waals surface area contributed by atoms with Crippen molar-refractivity contribution in [1.82, 2.24) is 0 Å². The molecule has 4 aromatic carbocycles. The van der Waals surface area contributed by atoms with E-state index in [1.54, 1.807) is 14.2 Å². The Labute approximate surface area is 235 Å². The number of nitrogens with one attached hydrogen (secondary N) is 1. The highest BCUT2D eigenvalue weighted by Gasteiger charge is 2.59. The second-order valence-corrected chi connectivity index (χ2v) is 9.99. The molecule has 5 rings (SSSR count). The lowest BCUT2D eigenvalue weighted by molar-refractivity contribution is -0.183. The minimum absolute atomic E-state index is 0.0164. The van der Waals surface area contributed by atoms with Crippen LogP contribution in [0.25, 0.3) is 0 Å². The van der Waals surface area contributed by atoms with Gasteiger partial charge in [-0.25, -0.2) is 4.79 Å². The van der Waals surface area contributed by atoms with E-state index in [1.807, 2.05) is 109 Å². The van der Waals surface area contributed by atoms with E-state index in [9.17, 15) is 4.79 Å². The average molecular weight is 538 g/mol. The average Bonchev–Trinajstić information content (AvgIpc) is 3.87. The van der Waals surface area contributed by atoms with Crippen LogP contribution in [0.4, 0.5) is 5.69 Å². The normalized spacial score (nSPS) is 14.9. The highest BCUT2D eigenvalue weighted by atomic mass is 16.6. The first-order valence-electron chi connectivity index (χ1n) is 13.6. The van der Waals surface area contributed by atoms with Crippen molar-refractivity contribution in [2.24, 2.45) is 5.92 Å². The number of hydrogen-bond acceptors (Lipinski definition) is 6. The molecule has 206 valence electrons. The van der Waals surface area contributed by atoms with Crippen LogP contribution < -0.4 is 14.8 Å². The Hall–Kier alpha value is -4.29. The van der Waals surface area contributed by atoms with Gasteiger partial charge in [0, 0.05) is 11.6 Å². The maximum Gasteiger partial charge on any atom is 0.341 e. The van der Waals surface area contributed by atoms with Gasteiger partial charge < -0.3 is 24.3 Å². The Balaban J connectivity index is 1.54. The van der Waals surface area contributed by atoms with Crippen molar-refractivity contribution in [3.05, 3.63) is 126 Å². The summed E-state index contributed by atoms with van der Waals surface area (Å²) in [5, 5.41) is 3.64. The SMILES string of the molecule is COc1ccc(N[C@@H](c2ccccc2)[C@@](OCc2cccc(OC)c2)(C(=O)OCc2ccccc2)C2CC2)cc1. The van der Waals surface area contributed by atoms with Gasteiger partial charge in [0.2, 0.25) is 0 Å². The van der Waals surface area contributed by atoms with E-state index >= 15 is 0 Å². The predicted octanol–water partition coefficient (Wildman–Crippen LogP) is 6.97. The summed E-state index contributed by atoms with van der Waals surface area (Å²) in [6, 6.07) is 34.6. The first-order valence-corrected chi connectivity index (χ1v) is 13.6. The van der Waals surface area contributed by atoms with Crippen molar-refractivity contribution in [2.75, 3.05) is 19.5 Å². The van der Waals surface area contributed by atoms with Crippen LogP contribution >= 0.6 is 0 Å². The van der Waals surface area contributed by atoms with E-state index in [1.165, 1.54) is 0 Å². The van der Waals surface area contributed by atoms with Crippen molar-refractivity contribution in [2.45, 2.75) is 37.7 Å². The first-order chi connectivity index (χ1) is 19.6. The molecule has 1 aliphatic rings. The Morgan fingerprint density at radius 1 is 0.775 bits per heavy atom. The fraction of sp³-hybridized carbons (Fsp3) is 0.265. The van der Waals surface area contributed by atoms with Crippen LogP contribution in [-0.4, -0.2) is 25.8 Å². The van der Waals surface area contributed by atoms with Gasteiger partial charge in [0.25, 0.3) is 0 Å². The Morgan fingerprint density at radius 3 is 2.08 bits per heavy atom. The molecule has 0 aromatic heterocycles. The molecule has 0 unspecified atom stereocenters. The summed E-state index contributed by atoms with van der Waals surface area (Å²) < 4.78 is 23.6. The summed E-state index contributed by atoms with van der Waals surface area (Å²) in [6.45, 7) is 0.391. The molecule has 40 heavy (non-hydrogen) atoms. The van der Waals surface area contributed by atoms with Crippen LogP contribution in [0.2, 0.25) is 0 Å². The van der Waals surface area contributed by atoms with Gasteiger partial charge in [0.05, 0.1) is 26.9 Å². The number of esters is 1. The second kappa shape index (κ2) is 12.7. The Bertz CT molecular complexity index is 1370. The van der Waals surface area contributed by atoms with Gasteiger partial charge in [-0.15, -0.1) is 0 Å². The molecule has 6 heteroatoms. The Morgan fingerprint density at radius 2 is 1.43 bits per heavy atom. The summed E-state index contributed by atoms with van der Waals surface area (Å²) in [6.07, 6.45) is 1.73. The third-order valence-corrected chi connectivity index (χ3v) is 7.29. The highest BCUT2D eigenvalue weighted by Crippen LogP contribution is 2.51. The van der Waals surface area contributed by atoms with Crippen molar-refractivity contribution in [3.8, 4) is 11.5 Å². The molecule has 0 bridgehead atoms. The zero-order valence-electron chi connectivity index (χ0n) is 22.9. The second-order valence-electron chi connectivity index (χ2n) is 9.99. The number of benzene rings is 4. The molecule has 0 aliphatic heterocycles. The van der Waals surface area contributed by atoms with Crippen molar-refractivity contribution < 1.29 is 23.7 Å². The third kappa shape index (κ3) is 6.29. The summed E-state index contributed by atoms with van der Waals surface area (Å²) >= 11 is 0. The number of hydrogen-bond donors (Lipinski definition) is 1. The lowest BCUT2D eigenvalue weighted by atomic mass is 9.83. The fourth-order valence-corrected chi connectivity index (χ4v) is 5.03. The van der Waals surface area contributed by atoms with Crippen LogP contribution in [0.15, 0.2) is 109 Å². The largest absolute Gasteiger partial charge is 0.497 e. The van der Waals surface area contributed by atoms with Crippen LogP contribution in [0, 0.1) is 5.92 Å². The van der Waals surface area contributed by atoms with E-state index in [0.717, 1.165) is 46.7 Å². The number of carbonyl (C=O) groups excluding carboxylic acids is 1. The fourth-order valence-electron chi connectivity index (χ4n) is 5.03. The maximum atomic E-state index is 14.3. The number of rotatable bonds is 13. The van der Waals surface area contributed by atoms with E-state index < -0.39 is 11.6 Å². The van der Waals surface area contributed by atoms with Gasteiger partial charge >= 0.3 is 5.97 Å². The molecule has 1 fully saturated rings. The number of methoxy groups -OCH3 is 2. The van der Waals surface area contributed by atoms with Crippen LogP contribution in [0.5, 0.6) is 11.5 Å². The molecule has 0 spiro atoms. The molecule has 0 amide bonds. The number of ether oxygens (including phenoxy) is 4. The van der Waals surface area contributed by atoms with Gasteiger partial charge in [0.1, 0.15) is 18.1 Å². The van der Waals surface area contributed by atoms with Crippen molar-refractivity contribution in [3.63, 3.8) is 0 Å². The molecule has 4 aromatic rings. The molecular formula is C34H35NO5. The predicted molar refractivity (Wildman–Crippen MR) is 155 cm³/mol. The van der Waals surface area contributed by atoms with Crippen molar-refractivity contribution in [1.29, 1.82) is 0 Å². The van der Waals surface area contributed by atoms with E-state index in [2.05, 4.69) is 5.32 Å². The van der Waals surface area contributed by atoms with E-state index in [0.29, 0.717) is 0 Å². The van der Waals surface area contributed by atoms with E-state index in [-0.39, 0.29) is 25.1 Å². The van der Waals surface area contributed by atoms with Gasteiger partial charge in [-0.1, -0.05) is 72.8 Å². The standard InChI is InChI=1S/C34H35NO5/c1-37-30-20-18-29(19-21-30)35-32(27-13-7-4-8-14-27)34(28-16-17-28,33(36)39-23-25-10-5-3-6-11-25)40-24-26-12-9-15-31(22-26)38-2/h3-15,18-22,28,32,35H,16-17,23-24H2,1-2H3/t32-,34+/m0/s1. The number of carbonyl (C=O) groups is 1. The summed E-state index contributed by atoms with van der Waals surface area (Å²) in [5.74, 6) is 1.10. The summed E-state index contributed by atoms with van der Waals surface area (Å²) in [4.78, 5) is 14.3. The van der Waals surface area contributed by atoms with Crippen molar-refractivity contribution >= 4 is 11.7 Å². The zero-order chi connectivity index (χ0) is 27.8. The summed E-state index contributed by atoms with van der Waals surface area (Å²) in [5.41, 5.74) is 2.34. The molecule has 0 saturated heterocycles. The Kier molecular flexibility index (Phi) is 8.67. The lowest BCUT2D eigenvalue weighted by Crippen LogP contribution is -2.52. The zero-order valence-corrected chi connectivity index (χ0v) is 22.9. The molecule has 0 heterocycles. The third-order valence-electron chi connectivity index (χ3n) is 7.29. The molecular weight excluding hydrogens is 502 g/mol. The lowest BCUT2D eigenvalue weighted by Gasteiger charge is -2.40. The molecule has 2 atom stereocenters. The minimum atomic E-state index is -1.28. The molecule has 1 N–H and O–H groups in total. The van der Waals surface area contributed by atoms with Gasteiger partial charge in [-0.05, 0) is 65.9 Å². The maximum absolute atomic E-state index is 14.3. The quantitative estimate of drug-likeness (QED) is 0.186. The molecule has 1 aliphatic carbocycles. The number of anilines is 1. The minimum Gasteiger partial charge on any atom is -0.497 e. The summed E-state index contributed by atoms with van der Waals surface area (Å²) in [7, 11) is 3.28. The van der Waals surface area contributed by atoms with Crippen LogP contribution in [-0.2, 0) is 27.5 Å². The van der Waals surface area contributed by atoms with Gasteiger partial charge in [-0.3, -0.25) is 0 Å². The van der Waals surface area contributed by atoms with Gasteiger partial charge in [0.15, 0.2) is 5.60 Å².